The molecule has 1 atom stereocenters. The third-order valence-corrected chi connectivity index (χ3v) is 3.58. The first-order valence-electron chi connectivity index (χ1n) is 7.11. The standard InChI is InChI=1S/C15H23N3O2/c1-12(16-2)13-5-3-6-14(11-13)17-15(19)18-7-4-9-20-10-8-18/h3,5-6,11-12,16H,4,7-10H2,1-2H3,(H,17,19). The molecule has 5 nitrogen and oxygen atoms in total. The third-order valence-electron chi connectivity index (χ3n) is 3.58. The summed E-state index contributed by atoms with van der Waals surface area (Å²) < 4.78 is 5.36. The summed E-state index contributed by atoms with van der Waals surface area (Å²) in [7, 11) is 1.92. The molecule has 1 unspecified atom stereocenters. The van der Waals surface area contributed by atoms with Crippen LogP contribution in [0.5, 0.6) is 0 Å². The Bertz CT molecular complexity index is 442. The fraction of sp³-hybridized carbons (Fsp3) is 0.533. The van der Waals surface area contributed by atoms with Gasteiger partial charge in [0.1, 0.15) is 0 Å². The van der Waals surface area contributed by atoms with Gasteiger partial charge in [-0.15, -0.1) is 0 Å². The van der Waals surface area contributed by atoms with E-state index in [9.17, 15) is 4.79 Å². The number of ether oxygens (including phenoxy) is 1. The van der Waals surface area contributed by atoms with E-state index in [1.807, 2.05) is 25.2 Å². The average molecular weight is 277 g/mol. The highest BCUT2D eigenvalue weighted by Gasteiger charge is 2.15. The van der Waals surface area contributed by atoms with Crippen LogP contribution in [0.3, 0.4) is 0 Å². The van der Waals surface area contributed by atoms with Crippen molar-refractivity contribution in [2.75, 3.05) is 38.7 Å². The molecule has 1 aliphatic rings. The van der Waals surface area contributed by atoms with Gasteiger partial charge in [0.25, 0.3) is 0 Å². The van der Waals surface area contributed by atoms with Gasteiger partial charge in [0.05, 0.1) is 6.61 Å². The number of nitrogens with one attached hydrogen (secondary N) is 2. The monoisotopic (exact) mass is 277 g/mol. The number of amides is 2. The molecule has 1 aromatic carbocycles. The van der Waals surface area contributed by atoms with Gasteiger partial charge < -0.3 is 20.3 Å². The van der Waals surface area contributed by atoms with E-state index in [2.05, 4.69) is 23.6 Å². The van der Waals surface area contributed by atoms with Gasteiger partial charge in [0.2, 0.25) is 0 Å². The first-order valence-corrected chi connectivity index (χ1v) is 7.11. The van der Waals surface area contributed by atoms with Gasteiger partial charge >= 0.3 is 6.03 Å². The topological polar surface area (TPSA) is 53.6 Å². The highest BCUT2D eigenvalue weighted by atomic mass is 16.5. The molecule has 0 aliphatic carbocycles. The van der Waals surface area contributed by atoms with Crippen molar-refractivity contribution >= 4 is 11.7 Å². The van der Waals surface area contributed by atoms with Crippen LogP contribution in [0.25, 0.3) is 0 Å². The number of benzene rings is 1. The minimum absolute atomic E-state index is 0.0511. The van der Waals surface area contributed by atoms with E-state index in [4.69, 9.17) is 4.74 Å². The molecule has 0 saturated carbocycles. The van der Waals surface area contributed by atoms with Gasteiger partial charge in [-0.2, -0.15) is 0 Å². The summed E-state index contributed by atoms with van der Waals surface area (Å²) in [6, 6.07) is 8.15. The molecular formula is C15H23N3O2. The van der Waals surface area contributed by atoms with Crippen molar-refractivity contribution in [2.45, 2.75) is 19.4 Å². The van der Waals surface area contributed by atoms with Crippen molar-refractivity contribution in [3.63, 3.8) is 0 Å². The molecule has 1 fully saturated rings. The molecule has 2 N–H and O–H groups in total. The number of carbonyl (C=O) groups excluding carboxylic acids is 1. The van der Waals surface area contributed by atoms with E-state index in [1.54, 1.807) is 4.90 Å². The van der Waals surface area contributed by atoms with Crippen LogP contribution in [0.4, 0.5) is 10.5 Å². The maximum absolute atomic E-state index is 12.2. The second kappa shape index (κ2) is 7.26. The van der Waals surface area contributed by atoms with E-state index < -0.39 is 0 Å². The minimum atomic E-state index is -0.0511. The normalized spacial score (nSPS) is 17.4. The molecule has 20 heavy (non-hydrogen) atoms. The summed E-state index contributed by atoms with van der Waals surface area (Å²) in [6.07, 6.45) is 0.893. The molecule has 1 aliphatic heterocycles. The fourth-order valence-electron chi connectivity index (χ4n) is 2.20. The van der Waals surface area contributed by atoms with Crippen molar-refractivity contribution in [3.05, 3.63) is 29.8 Å². The highest BCUT2D eigenvalue weighted by Crippen LogP contribution is 2.17. The number of urea groups is 1. The molecule has 0 aromatic heterocycles. The molecule has 1 heterocycles. The number of hydrogen-bond donors (Lipinski definition) is 2. The van der Waals surface area contributed by atoms with Crippen LogP contribution in [-0.4, -0.2) is 44.3 Å². The van der Waals surface area contributed by atoms with Crippen LogP contribution in [0.2, 0.25) is 0 Å². The van der Waals surface area contributed by atoms with Crippen molar-refractivity contribution in [1.29, 1.82) is 0 Å². The summed E-state index contributed by atoms with van der Waals surface area (Å²) >= 11 is 0. The van der Waals surface area contributed by atoms with Crippen molar-refractivity contribution in [1.82, 2.24) is 10.2 Å². The van der Waals surface area contributed by atoms with Gasteiger partial charge in [-0.1, -0.05) is 12.1 Å². The Hall–Kier alpha value is -1.59. The largest absolute Gasteiger partial charge is 0.380 e. The number of carbonyl (C=O) groups is 1. The first kappa shape index (κ1) is 14.8. The molecule has 5 heteroatoms. The Morgan fingerprint density at radius 2 is 2.20 bits per heavy atom. The zero-order chi connectivity index (χ0) is 14.4. The van der Waals surface area contributed by atoms with Gasteiger partial charge in [0.15, 0.2) is 0 Å². The summed E-state index contributed by atoms with van der Waals surface area (Å²) in [5.74, 6) is 0. The Balaban J connectivity index is 1.99. The van der Waals surface area contributed by atoms with Crippen LogP contribution in [0.15, 0.2) is 24.3 Å². The van der Waals surface area contributed by atoms with Crippen LogP contribution < -0.4 is 10.6 Å². The SMILES string of the molecule is CNC(C)c1cccc(NC(=O)N2CCCOCC2)c1. The van der Waals surface area contributed by atoms with Gasteiger partial charge in [-0.05, 0) is 38.1 Å². The summed E-state index contributed by atoms with van der Waals surface area (Å²) in [6.45, 7) is 4.84. The average Bonchev–Trinajstić information content (AvgIpc) is 2.76. The smallest absolute Gasteiger partial charge is 0.321 e. The van der Waals surface area contributed by atoms with E-state index in [-0.39, 0.29) is 12.1 Å². The molecule has 110 valence electrons. The lowest BCUT2D eigenvalue weighted by molar-refractivity contribution is 0.144. The molecular weight excluding hydrogens is 254 g/mol. The predicted octanol–water partition coefficient (Wildman–Crippen LogP) is 2.22. The second-order valence-electron chi connectivity index (χ2n) is 5.02. The fourth-order valence-corrected chi connectivity index (χ4v) is 2.20. The lowest BCUT2D eigenvalue weighted by Crippen LogP contribution is -2.36. The Morgan fingerprint density at radius 1 is 1.35 bits per heavy atom. The summed E-state index contributed by atoms with van der Waals surface area (Å²) in [4.78, 5) is 14.0. The maximum Gasteiger partial charge on any atom is 0.321 e. The third kappa shape index (κ3) is 3.95. The van der Waals surface area contributed by atoms with Gasteiger partial charge in [0, 0.05) is 31.4 Å². The summed E-state index contributed by atoms with van der Waals surface area (Å²) in [5, 5.41) is 6.16. The van der Waals surface area contributed by atoms with Gasteiger partial charge in [-0.25, -0.2) is 4.79 Å². The minimum Gasteiger partial charge on any atom is -0.380 e. The zero-order valence-electron chi connectivity index (χ0n) is 12.2. The molecule has 1 saturated heterocycles. The molecule has 1 aromatic rings. The van der Waals surface area contributed by atoms with Crippen molar-refractivity contribution in [2.24, 2.45) is 0 Å². The van der Waals surface area contributed by atoms with Crippen LogP contribution in [-0.2, 0) is 4.74 Å². The molecule has 0 radical (unpaired) electrons. The zero-order valence-corrected chi connectivity index (χ0v) is 12.2. The van der Waals surface area contributed by atoms with E-state index >= 15 is 0 Å². The molecule has 0 bridgehead atoms. The molecule has 0 spiro atoms. The van der Waals surface area contributed by atoms with Crippen LogP contribution in [0.1, 0.15) is 24.9 Å². The predicted molar refractivity (Wildman–Crippen MR) is 79.9 cm³/mol. The number of rotatable bonds is 3. The lowest BCUT2D eigenvalue weighted by atomic mass is 10.1. The Morgan fingerprint density at radius 3 is 3.00 bits per heavy atom. The lowest BCUT2D eigenvalue weighted by Gasteiger charge is -2.20. The maximum atomic E-state index is 12.2. The van der Waals surface area contributed by atoms with Gasteiger partial charge in [-0.3, -0.25) is 0 Å². The Kier molecular flexibility index (Phi) is 5.38. The van der Waals surface area contributed by atoms with Crippen molar-refractivity contribution < 1.29 is 9.53 Å². The molecule has 2 amide bonds. The first-order chi connectivity index (χ1) is 9.70. The Labute approximate surface area is 120 Å². The van der Waals surface area contributed by atoms with E-state index in [0.29, 0.717) is 13.2 Å². The van der Waals surface area contributed by atoms with Crippen molar-refractivity contribution in [3.8, 4) is 0 Å². The molecule has 2 rings (SSSR count). The number of hydrogen-bond acceptors (Lipinski definition) is 3. The van der Waals surface area contributed by atoms with E-state index in [0.717, 1.165) is 30.8 Å². The van der Waals surface area contributed by atoms with Crippen LogP contribution in [0, 0.1) is 0 Å². The number of nitrogens with zero attached hydrogens (tertiary/aromatic N) is 1. The quantitative estimate of drug-likeness (QED) is 0.890. The highest BCUT2D eigenvalue weighted by molar-refractivity contribution is 5.89. The van der Waals surface area contributed by atoms with Crippen LogP contribution >= 0.6 is 0 Å². The van der Waals surface area contributed by atoms with E-state index in [1.165, 1.54) is 0 Å². The second-order valence-corrected chi connectivity index (χ2v) is 5.02. The summed E-state index contributed by atoms with van der Waals surface area (Å²) in [5.41, 5.74) is 1.99. The number of anilines is 1.